The summed E-state index contributed by atoms with van der Waals surface area (Å²) in [4.78, 5) is 4.56. The normalized spacial score (nSPS) is 12.6. The van der Waals surface area contributed by atoms with Crippen molar-refractivity contribution in [2.24, 2.45) is 0 Å². The van der Waals surface area contributed by atoms with E-state index in [1.54, 1.807) is 11.3 Å². The molecule has 2 nitrogen and oxygen atoms in total. The molecule has 0 saturated carbocycles. The van der Waals surface area contributed by atoms with Crippen LogP contribution in [0.25, 0.3) is 0 Å². The molecule has 1 unspecified atom stereocenters. The van der Waals surface area contributed by atoms with Crippen LogP contribution in [0.2, 0.25) is 0 Å². The molecule has 1 atom stereocenters. The number of nitrogens with one attached hydrogen (secondary N) is 1. The fourth-order valence-electron chi connectivity index (χ4n) is 1.70. The molecule has 3 heteroatoms. The lowest BCUT2D eigenvalue weighted by atomic mass is 10.1. The number of nitrogens with zero attached hydrogens (tertiary/aromatic N) is 1. The van der Waals surface area contributed by atoms with Crippen LogP contribution in [0.4, 0.5) is 0 Å². The number of thiazole rings is 1. The number of aryl methyl sites for hydroxylation is 1. The molecule has 16 heavy (non-hydrogen) atoms. The Balaban J connectivity index is 2.31. The largest absolute Gasteiger partial charge is 0.305 e. The van der Waals surface area contributed by atoms with Gasteiger partial charge in [-0.05, 0) is 19.0 Å². The summed E-state index contributed by atoms with van der Waals surface area (Å²) in [6.07, 6.45) is 0. The third-order valence-electron chi connectivity index (χ3n) is 2.42. The first-order chi connectivity index (χ1) is 7.81. The smallest absolute Gasteiger partial charge is 0.114 e. The van der Waals surface area contributed by atoms with E-state index < -0.39 is 0 Å². The second-order valence-corrected chi connectivity index (χ2v) is 4.62. The van der Waals surface area contributed by atoms with E-state index in [0.717, 1.165) is 17.2 Å². The Kier molecular flexibility index (Phi) is 3.70. The van der Waals surface area contributed by atoms with E-state index in [1.807, 2.05) is 13.0 Å². The van der Waals surface area contributed by atoms with Gasteiger partial charge in [-0.2, -0.15) is 0 Å². The Morgan fingerprint density at radius 3 is 2.62 bits per heavy atom. The summed E-state index contributed by atoms with van der Waals surface area (Å²) in [7, 11) is 0. The quantitative estimate of drug-likeness (QED) is 0.876. The van der Waals surface area contributed by atoms with Gasteiger partial charge in [0.2, 0.25) is 0 Å². The van der Waals surface area contributed by atoms with Crippen molar-refractivity contribution in [1.82, 2.24) is 10.3 Å². The Morgan fingerprint density at radius 1 is 1.31 bits per heavy atom. The summed E-state index contributed by atoms with van der Waals surface area (Å²) in [5, 5.41) is 6.72. The Hall–Kier alpha value is -1.19. The van der Waals surface area contributed by atoms with Gasteiger partial charge in [-0.15, -0.1) is 11.3 Å². The van der Waals surface area contributed by atoms with Gasteiger partial charge < -0.3 is 5.32 Å². The molecule has 0 aliphatic rings. The predicted molar refractivity (Wildman–Crippen MR) is 68.8 cm³/mol. The third-order valence-corrected chi connectivity index (χ3v) is 3.45. The summed E-state index contributed by atoms with van der Waals surface area (Å²) in [5.41, 5.74) is 2.37. The molecule has 1 heterocycles. The van der Waals surface area contributed by atoms with Gasteiger partial charge in [0, 0.05) is 11.1 Å². The number of hydrogen-bond donors (Lipinski definition) is 1. The van der Waals surface area contributed by atoms with E-state index in [2.05, 4.69) is 46.9 Å². The predicted octanol–water partition coefficient (Wildman–Crippen LogP) is 3.15. The highest BCUT2D eigenvalue weighted by Gasteiger charge is 2.15. The minimum Gasteiger partial charge on any atom is -0.305 e. The molecule has 1 aromatic heterocycles. The zero-order chi connectivity index (χ0) is 11.4. The molecule has 0 spiro atoms. The zero-order valence-corrected chi connectivity index (χ0v) is 10.4. The van der Waals surface area contributed by atoms with E-state index in [-0.39, 0.29) is 6.04 Å². The van der Waals surface area contributed by atoms with Crippen molar-refractivity contribution in [2.75, 3.05) is 6.54 Å². The lowest BCUT2D eigenvalue weighted by molar-refractivity contribution is 0.626. The van der Waals surface area contributed by atoms with E-state index in [0.29, 0.717) is 0 Å². The molecular formula is C13H16N2S. The molecular weight excluding hydrogens is 216 g/mol. The van der Waals surface area contributed by atoms with Gasteiger partial charge in [0.15, 0.2) is 0 Å². The van der Waals surface area contributed by atoms with Crippen molar-refractivity contribution in [1.29, 1.82) is 0 Å². The van der Waals surface area contributed by atoms with Gasteiger partial charge in [-0.1, -0.05) is 37.3 Å². The minimum atomic E-state index is 0.227. The first-order valence-electron chi connectivity index (χ1n) is 5.51. The zero-order valence-electron chi connectivity index (χ0n) is 9.60. The molecule has 1 N–H and O–H groups in total. The molecule has 0 bridgehead atoms. The molecule has 2 aromatic rings. The Labute approximate surface area is 100 Å². The highest BCUT2D eigenvalue weighted by Crippen LogP contribution is 2.24. The van der Waals surface area contributed by atoms with Gasteiger partial charge in [-0.3, -0.25) is 0 Å². The molecule has 1 aromatic carbocycles. The lowest BCUT2D eigenvalue weighted by Gasteiger charge is -2.15. The second-order valence-electron chi connectivity index (χ2n) is 3.73. The number of rotatable bonds is 4. The molecule has 84 valence electrons. The molecule has 2 rings (SSSR count). The molecule has 0 aliphatic heterocycles. The SMILES string of the molecule is CCNC(c1ccccc1)c1nc(C)cs1. The molecule has 0 fully saturated rings. The van der Waals surface area contributed by atoms with Crippen LogP contribution in [-0.4, -0.2) is 11.5 Å². The van der Waals surface area contributed by atoms with Gasteiger partial charge in [-0.25, -0.2) is 4.98 Å². The minimum absolute atomic E-state index is 0.227. The standard InChI is InChI=1S/C13H16N2S/c1-3-14-12(11-7-5-4-6-8-11)13-15-10(2)9-16-13/h4-9,12,14H,3H2,1-2H3. The van der Waals surface area contributed by atoms with Crippen LogP contribution in [0, 0.1) is 6.92 Å². The molecule has 0 saturated heterocycles. The van der Waals surface area contributed by atoms with Crippen molar-refractivity contribution in [2.45, 2.75) is 19.9 Å². The van der Waals surface area contributed by atoms with Crippen molar-refractivity contribution in [3.05, 3.63) is 52.0 Å². The highest BCUT2D eigenvalue weighted by molar-refractivity contribution is 7.09. The van der Waals surface area contributed by atoms with Gasteiger partial charge >= 0.3 is 0 Å². The summed E-state index contributed by atoms with van der Waals surface area (Å²) in [6, 6.07) is 10.7. The molecule has 0 amide bonds. The van der Waals surface area contributed by atoms with E-state index in [9.17, 15) is 0 Å². The Morgan fingerprint density at radius 2 is 2.06 bits per heavy atom. The van der Waals surface area contributed by atoms with Crippen molar-refractivity contribution < 1.29 is 0 Å². The van der Waals surface area contributed by atoms with E-state index in [1.165, 1.54) is 5.56 Å². The maximum atomic E-state index is 4.56. The number of benzene rings is 1. The highest BCUT2D eigenvalue weighted by atomic mass is 32.1. The van der Waals surface area contributed by atoms with Gasteiger partial charge in [0.25, 0.3) is 0 Å². The van der Waals surface area contributed by atoms with E-state index in [4.69, 9.17) is 0 Å². The summed E-state index contributed by atoms with van der Waals surface area (Å²) in [6.45, 7) is 5.10. The maximum Gasteiger partial charge on any atom is 0.114 e. The first kappa shape index (κ1) is 11.3. The summed E-state index contributed by atoms with van der Waals surface area (Å²) in [5.74, 6) is 0. The fraction of sp³-hybridized carbons (Fsp3) is 0.308. The number of hydrogen-bond acceptors (Lipinski definition) is 3. The maximum absolute atomic E-state index is 4.56. The third kappa shape index (κ3) is 2.49. The van der Waals surface area contributed by atoms with Crippen molar-refractivity contribution in [3.63, 3.8) is 0 Å². The van der Waals surface area contributed by atoms with Crippen LogP contribution in [0.5, 0.6) is 0 Å². The van der Waals surface area contributed by atoms with Crippen molar-refractivity contribution >= 4 is 11.3 Å². The van der Waals surface area contributed by atoms with Gasteiger partial charge in [0.05, 0.1) is 6.04 Å². The topological polar surface area (TPSA) is 24.9 Å². The summed E-state index contributed by atoms with van der Waals surface area (Å²) < 4.78 is 0. The average molecular weight is 232 g/mol. The van der Waals surface area contributed by atoms with Crippen LogP contribution < -0.4 is 5.32 Å². The molecule has 0 aliphatic carbocycles. The monoisotopic (exact) mass is 232 g/mol. The van der Waals surface area contributed by atoms with Crippen LogP contribution in [-0.2, 0) is 0 Å². The fourth-order valence-corrected chi connectivity index (χ4v) is 2.60. The Bertz CT molecular complexity index is 436. The van der Waals surface area contributed by atoms with Crippen LogP contribution in [0.3, 0.4) is 0 Å². The first-order valence-corrected chi connectivity index (χ1v) is 6.39. The second kappa shape index (κ2) is 5.23. The van der Waals surface area contributed by atoms with Crippen LogP contribution in [0.15, 0.2) is 35.7 Å². The van der Waals surface area contributed by atoms with Crippen LogP contribution >= 0.6 is 11.3 Å². The van der Waals surface area contributed by atoms with E-state index >= 15 is 0 Å². The lowest BCUT2D eigenvalue weighted by Crippen LogP contribution is -2.21. The molecule has 0 radical (unpaired) electrons. The van der Waals surface area contributed by atoms with Gasteiger partial charge in [0.1, 0.15) is 5.01 Å². The average Bonchev–Trinajstić information content (AvgIpc) is 2.74. The number of aromatic nitrogens is 1. The summed E-state index contributed by atoms with van der Waals surface area (Å²) >= 11 is 1.72. The van der Waals surface area contributed by atoms with Crippen LogP contribution in [0.1, 0.15) is 29.2 Å². The van der Waals surface area contributed by atoms with Crippen molar-refractivity contribution in [3.8, 4) is 0 Å².